The highest BCUT2D eigenvalue weighted by Gasteiger charge is 2.31. The van der Waals surface area contributed by atoms with Crippen LogP contribution in [0.4, 0.5) is 5.69 Å². The molecule has 0 bridgehead atoms. The quantitative estimate of drug-likeness (QED) is 0.877. The second kappa shape index (κ2) is 5.95. The van der Waals surface area contributed by atoms with Crippen molar-refractivity contribution in [2.24, 2.45) is 17.6 Å². The molecule has 1 saturated heterocycles. The van der Waals surface area contributed by atoms with Crippen LogP contribution in [-0.4, -0.2) is 13.1 Å². The highest BCUT2D eigenvalue weighted by atomic mass is 35.5. The fourth-order valence-electron chi connectivity index (χ4n) is 3.88. The standard InChI is InChI=1S/C17H25ClN2/c1-12(19)14-6-7-17(16(18)10-14)20-9-8-13-4-2-3-5-15(13)11-20/h6-7,10,12-13,15H,2-5,8-9,11,19H2,1H3/t12-,13?,15?/m1/s1. The minimum atomic E-state index is 0.0469. The van der Waals surface area contributed by atoms with E-state index in [1.54, 1.807) is 0 Å². The van der Waals surface area contributed by atoms with Crippen LogP contribution in [-0.2, 0) is 0 Å². The first kappa shape index (κ1) is 14.2. The molecule has 1 aromatic rings. The van der Waals surface area contributed by atoms with Gasteiger partial charge in [-0.25, -0.2) is 0 Å². The van der Waals surface area contributed by atoms with Crippen LogP contribution in [0.15, 0.2) is 18.2 Å². The van der Waals surface area contributed by atoms with E-state index < -0.39 is 0 Å². The van der Waals surface area contributed by atoms with Crippen LogP contribution in [0.1, 0.15) is 50.6 Å². The number of benzene rings is 1. The zero-order valence-electron chi connectivity index (χ0n) is 12.3. The Morgan fingerprint density at radius 3 is 2.65 bits per heavy atom. The molecule has 1 heterocycles. The Kier molecular flexibility index (Phi) is 4.23. The van der Waals surface area contributed by atoms with Crippen LogP contribution in [0.25, 0.3) is 0 Å². The third-order valence-corrected chi connectivity index (χ3v) is 5.43. The van der Waals surface area contributed by atoms with Gasteiger partial charge in [0.15, 0.2) is 0 Å². The smallest absolute Gasteiger partial charge is 0.0642 e. The van der Waals surface area contributed by atoms with Gasteiger partial charge in [0.1, 0.15) is 0 Å². The van der Waals surface area contributed by atoms with Crippen molar-refractivity contribution >= 4 is 17.3 Å². The average molecular weight is 293 g/mol. The van der Waals surface area contributed by atoms with Crippen molar-refractivity contribution in [3.05, 3.63) is 28.8 Å². The molecule has 3 heteroatoms. The predicted octanol–water partition coefficient (Wildman–Crippen LogP) is 4.38. The number of rotatable bonds is 2. The minimum Gasteiger partial charge on any atom is -0.370 e. The molecule has 0 radical (unpaired) electrons. The maximum atomic E-state index is 6.48. The normalized spacial score (nSPS) is 28.1. The summed E-state index contributed by atoms with van der Waals surface area (Å²) in [4.78, 5) is 2.49. The second-order valence-corrected chi connectivity index (χ2v) is 6.95. The van der Waals surface area contributed by atoms with Crippen LogP contribution in [0.2, 0.25) is 5.02 Å². The SMILES string of the molecule is C[C@@H](N)c1ccc(N2CCC3CCCCC3C2)c(Cl)c1. The zero-order chi connectivity index (χ0) is 14.1. The average Bonchev–Trinajstić information content (AvgIpc) is 2.46. The van der Waals surface area contributed by atoms with Crippen molar-refractivity contribution in [1.82, 2.24) is 0 Å². The van der Waals surface area contributed by atoms with Crippen molar-refractivity contribution in [2.45, 2.75) is 45.1 Å². The Morgan fingerprint density at radius 1 is 1.20 bits per heavy atom. The van der Waals surface area contributed by atoms with Crippen molar-refractivity contribution in [3.63, 3.8) is 0 Å². The molecule has 0 aromatic heterocycles. The van der Waals surface area contributed by atoms with E-state index in [4.69, 9.17) is 17.3 Å². The van der Waals surface area contributed by atoms with Gasteiger partial charge in [0.25, 0.3) is 0 Å². The van der Waals surface area contributed by atoms with Gasteiger partial charge in [-0.05, 0) is 49.3 Å². The fourth-order valence-corrected chi connectivity index (χ4v) is 4.19. The van der Waals surface area contributed by atoms with Crippen LogP contribution in [0.5, 0.6) is 0 Å². The molecule has 2 N–H and O–H groups in total. The summed E-state index contributed by atoms with van der Waals surface area (Å²) in [7, 11) is 0. The molecule has 2 nitrogen and oxygen atoms in total. The first-order chi connectivity index (χ1) is 9.65. The van der Waals surface area contributed by atoms with Crippen molar-refractivity contribution < 1.29 is 0 Å². The van der Waals surface area contributed by atoms with Crippen molar-refractivity contribution in [3.8, 4) is 0 Å². The van der Waals surface area contributed by atoms with Gasteiger partial charge in [-0.1, -0.05) is 36.9 Å². The van der Waals surface area contributed by atoms with Crippen LogP contribution in [0.3, 0.4) is 0 Å². The molecular formula is C17H25ClN2. The monoisotopic (exact) mass is 292 g/mol. The van der Waals surface area contributed by atoms with Gasteiger partial charge >= 0.3 is 0 Å². The van der Waals surface area contributed by atoms with Crippen LogP contribution >= 0.6 is 11.6 Å². The highest BCUT2D eigenvalue weighted by molar-refractivity contribution is 6.33. The lowest BCUT2D eigenvalue weighted by Crippen LogP contribution is -2.41. The van der Waals surface area contributed by atoms with Crippen molar-refractivity contribution in [2.75, 3.05) is 18.0 Å². The number of halogens is 1. The summed E-state index contributed by atoms with van der Waals surface area (Å²) in [6.45, 7) is 4.33. The lowest BCUT2D eigenvalue weighted by molar-refractivity contribution is 0.202. The molecule has 1 aromatic carbocycles. The summed E-state index contributed by atoms with van der Waals surface area (Å²) in [6, 6.07) is 6.36. The number of nitrogens with zero attached hydrogens (tertiary/aromatic N) is 1. The zero-order valence-corrected chi connectivity index (χ0v) is 13.1. The number of piperidine rings is 1. The Morgan fingerprint density at radius 2 is 1.95 bits per heavy atom. The molecule has 20 heavy (non-hydrogen) atoms. The minimum absolute atomic E-state index is 0.0469. The maximum absolute atomic E-state index is 6.48. The van der Waals surface area contributed by atoms with Gasteiger partial charge in [-0.2, -0.15) is 0 Å². The van der Waals surface area contributed by atoms with Crippen molar-refractivity contribution in [1.29, 1.82) is 0 Å². The van der Waals surface area contributed by atoms with Crippen LogP contribution < -0.4 is 10.6 Å². The summed E-state index contributed by atoms with van der Waals surface area (Å²) in [5.41, 5.74) is 8.24. The first-order valence-electron chi connectivity index (χ1n) is 7.95. The molecule has 0 spiro atoms. The first-order valence-corrected chi connectivity index (χ1v) is 8.33. The molecule has 1 saturated carbocycles. The number of nitrogens with two attached hydrogens (primary N) is 1. The molecule has 3 rings (SSSR count). The Bertz CT molecular complexity index is 472. The van der Waals surface area contributed by atoms with Gasteiger partial charge in [0, 0.05) is 19.1 Å². The van der Waals surface area contributed by atoms with Gasteiger partial charge < -0.3 is 10.6 Å². The van der Waals surface area contributed by atoms with Gasteiger partial charge in [-0.3, -0.25) is 0 Å². The molecular weight excluding hydrogens is 268 g/mol. The van der Waals surface area contributed by atoms with E-state index in [-0.39, 0.29) is 6.04 Å². The molecule has 2 fully saturated rings. The molecule has 3 atom stereocenters. The molecule has 0 amide bonds. The second-order valence-electron chi connectivity index (χ2n) is 6.54. The molecule has 2 aliphatic rings. The third kappa shape index (κ3) is 2.82. The van der Waals surface area contributed by atoms with E-state index in [0.29, 0.717) is 0 Å². The summed E-state index contributed by atoms with van der Waals surface area (Å²) in [5.74, 6) is 1.84. The van der Waals surface area contributed by atoms with E-state index in [9.17, 15) is 0 Å². The molecule has 2 unspecified atom stereocenters. The third-order valence-electron chi connectivity index (χ3n) is 5.13. The summed E-state index contributed by atoms with van der Waals surface area (Å²) < 4.78 is 0. The van der Waals surface area contributed by atoms with Crippen LogP contribution in [0, 0.1) is 11.8 Å². The van der Waals surface area contributed by atoms with Gasteiger partial charge in [-0.15, -0.1) is 0 Å². The summed E-state index contributed by atoms with van der Waals surface area (Å²) in [5, 5.41) is 0.856. The van der Waals surface area contributed by atoms with E-state index in [1.165, 1.54) is 44.3 Å². The lowest BCUT2D eigenvalue weighted by atomic mass is 9.75. The largest absolute Gasteiger partial charge is 0.370 e. The highest BCUT2D eigenvalue weighted by Crippen LogP contribution is 2.39. The summed E-state index contributed by atoms with van der Waals surface area (Å²) >= 11 is 6.48. The number of anilines is 1. The predicted molar refractivity (Wildman–Crippen MR) is 86.3 cm³/mol. The fraction of sp³-hybridized carbons (Fsp3) is 0.647. The van der Waals surface area contributed by atoms with E-state index in [2.05, 4.69) is 17.0 Å². The lowest BCUT2D eigenvalue weighted by Gasteiger charge is -2.42. The topological polar surface area (TPSA) is 29.3 Å². The number of fused-ring (bicyclic) bond motifs is 1. The molecule has 1 aliphatic carbocycles. The Balaban J connectivity index is 1.76. The molecule has 1 aliphatic heterocycles. The maximum Gasteiger partial charge on any atom is 0.0642 e. The number of hydrogen-bond donors (Lipinski definition) is 1. The Labute approximate surface area is 127 Å². The van der Waals surface area contributed by atoms with Gasteiger partial charge in [0.2, 0.25) is 0 Å². The Hall–Kier alpha value is -0.730. The number of hydrogen-bond acceptors (Lipinski definition) is 2. The summed E-state index contributed by atoms with van der Waals surface area (Å²) in [6.07, 6.45) is 7.01. The molecule has 110 valence electrons. The van der Waals surface area contributed by atoms with E-state index >= 15 is 0 Å². The van der Waals surface area contributed by atoms with E-state index in [0.717, 1.165) is 29.0 Å². The van der Waals surface area contributed by atoms with Gasteiger partial charge in [0.05, 0.1) is 10.7 Å². The van der Waals surface area contributed by atoms with E-state index in [1.807, 2.05) is 13.0 Å².